The molecule has 1 aliphatic rings. The Bertz CT molecular complexity index is 869. The van der Waals surface area contributed by atoms with Crippen LogP contribution in [0, 0.1) is 5.92 Å². The van der Waals surface area contributed by atoms with E-state index in [0.29, 0.717) is 18.5 Å². The van der Waals surface area contributed by atoms with Gasteiger partial charge in [0.05, 0.1) is 6.54 Å². The van der Waals surface area contributed by atoms with Crippen molar-refractivity contribution in [1.82, 2.24) is 20.5 Å². The molecule has 3 rings (SSSR count). The Morgan fingerprint density at radius 3 is 2.84 bits per heavy atom. The predicted octanol–water partition coefficient (Wildman–Crippen LogP) is 3.94. The summed E-state index contributed by atoms with van der Waals surface area (Å²) in [6.07, 6.45) is 4.23. The lowest BCUT2D eigenvalue weighted by Gasteiger charge is -2.40. The molecule has 7 heteroatoms. The Hall–Kier alpha value is -2.31. The van der Waals surface area contributed by atoms with Crippen molar-refractivity contribution in [2.24, 2.45) is 10.9 Å². The standard InChI is InChI=1S/C24H35ClN6/c1-5-26-24(28-16-18-11-12-27-22(14-18)30(2)3)29-17-20-9-7-13-31(4)23(20)19-8-6-10-21(25)15-19/h6,8,10-12,14-15,20,23H,5,7,9,13,16-17H2,1-4H3,(H2,26,28,29). The summed E-state index contributed by atoms with van der Waals surface area (Å²) in [5.41, 5.74) is 2.43. The van der Waals surface area contributed by atoms with Crippen LogP contribution in [0.15, 0.2) is 47.6 Å². The van der Waals surface area contributed by atoms with Crippen molar-refractivity contribution in [3.05, 3.63) is 58.7 Å². The second kappa shape index (κ2) is 11.3. The Kier molecular flexibility index (Phi) is 8.55. The highest BCUT2D eigenvalue weighted by atomic mass is 35.5. The zero-order valence-electron chi connectivity index (χ0n) is 19.1. The molecule has 1 aromatic carbocycles. The van der Waals surface area contributed by atoms with Crippen molar-refractivity contribution >= 4 is 23.4 Å². The fraction of sp³-hybridized carbons (Fsp3) is 0.500. The number of nitrogens with one attached hydrogen (secondary N) is 2. The van der Waals surface area contributed by atoms with Crippen LogP contribution in [-0.2, 0) is 6.54 Å². The van der Waals surface area contributed by atoms with E-state index in [-0.39, 0.29) is 0 Å². The smallest absolute Gasteiger partial charge is 0.191 e. The monoisotopic (exact) mass is 442 g/mol. The third-order valence-electron chi connectivity index (χ3n) is 5.76. The first-order valence-electron chi connectivity index (χ1n) is 11.1. The van der Waals surface area contributed by atoms with Crippen LogP contribution in [0.2, 0.25) is 5.02 Å². The van der Waals surface area contributed by atoms with Gasteiger partial charge in [0.25, 0.3) is 0 Å². The minimum Gasteiger partial charge on any atom is -0.363 e. The van der Waals surface area contributed by atoms with Crippen LogP contribution in [0.4, 0.5) is 5.82 Å². The van der Waals surface area contributed by atoms with Gasteiger partial charge in [-0.2, -0.15) is 0 Å². The number of halogens is 1. The Labute approximate surface area is 191 Å². The molecule has 1 aromatic heterocycles. The maximum atomic E-state index is 6.29. The van der Waals surface area contributed by atoms with Crippen molar-refractivity contribution in [3.8, 4) is 0 Å². The lowest BCUT2D eigenvalue weighted by molar-refractivity contribution is 0.122. The molecule has 0 bridgehead atoms. The largest absolute Gasteiger partial charge is 0.363 e. The van der Waals surface area contributed by atoms with Crippen LogP contribution in [0.5, 0.6) is 0 Å². The quantitative estimate of drug-likeness (QED) is 0.502. The molecule has 6 nitrogen and oxygen atoms in total. The van der Waals surface area contributed by atoms with Crippen LogP contribution in [0.3, 0.4) is 0 Å². The van der Waals surface area contributed by atoms with Crippen molar-refractivity contribution in [2.75, 3.05) is 45.7 Å². The zero-order chi connectivity index (χ0) is 22.2. The number of aromatic nitrogens is 1. The molecule has 1 fully saturated rings. The fourth-order valence-electron chi connectivity index (χ4n) is 4.23. The summed E-state index contributed by atoms with van der Waals surface area (Å²) in [6.45, 7) is 5.51. The number of benzene rings is 1. The van der Waals surface area contributed by atoms with Gasteiger partial charge in [-0.1, -0.05) is 23.7 Å². The van der Waals surface area contributed by atoms with Crippen molar-refractivity contribution in [2.45, 2.75) is 32.4 Å². The highest BCUT2D eigenvalue weighted by Gasteiger charge is 2.30. The molecule has 0 aliphatic carbocycles. The van der Waals surface area contributed by atoms with Crippen molar-refractivity contribution < 1.29 is 0 Å². The average Bonchev–Trinajstić information content (AvgIpc) is 2.76. The minimum atomic E-state index is 0.352. The van der Waals surface area contributed by atoms with Gasteiger partial charge >= 0.3 is 0 Å². The molecule has 0 saturated carbocycles. The number of anilines is 1. The number of rotatable bonds is 7. The molecule has 2 unspecified atom stereocenters. The Morgan fingerprint density at radius 2 is 2.10 bits per heavy atom. The van der Waals surface area contributed by atoms with Crippen molar-refractivity contribution in [1.29, 1.82) is 0 Å². The molecular formula is C24H35ClN6. The first kappa shape index (κ1) is 23.4. The van der Waals surface area contributed by atoms with E-state index in [4.69, 9.17) is 16.6 Å². The molecule has 1 saturated heterocycles. The van der Waals surface area contributed by atoms with E-state index < -0.39 is 0 Å². The van der Waals surface area contributed by atoms with Gasteiger partial charge in [0.2, 0.25) is 0 Å². The second-order valence-electron chi connectivity index (χ2n) is 8.38. The molecule has 2 heterocycles. The summed E-state index contributed by atoms with van der Waals surface area (Å²) in [6, 6.07) is 12.7. The summed E-state index contributed by atoms with van der Waals surface area (Å²) >= 11 is 6.29. The molecule has 2 N–H and O–H groups in total. The van der Waals surface area contributed by atoms with Gasteiger partial charge in [-0.05, 0) is 74.7 Å². The maximum Gasteiger partial charge on any atom is 0.191 e. The van der Waals surface area contributed by atoms with Gasteiger partial charge in [0, 0.05) is 44.4 Å². The lowest BCUT2D eigenvalue weighted by Crippen LogP contribution is -2.45. The molecule has 1 aliphatic heterocycles. The number of piperidine rings is 1. The first-order valence-corrected chi connectivity index (χ1v) is 11.5. The molecule has 2 atom stereocenters. The van der Waals surface area contributed by atoms with E-state index in [1.165, 1.54) is 18.4 Å². The van der Waals surface area contributed by atoms with Crippen molar-refractivity contribution in [3.63, 3.8) is 0 Å². The number of likely N-dealkylation sites (tertiary alicyclic amines) is 1. The van der Waals surface area contributed by atoms with Gasteiger partial charge in [0.1, 0.15) is 5.82 Å². The highest BCUT2D eigenvalue weighted by Crippen LogP contribution is 2.35. The van der Waals surface area contributed by atoms with Crippen LogP contribution in [0.25, 0.3) is 0 Å². The third kappa shape index (κ3) is 6.58. The molecule has 2 aromatic rings. The summed E-state index contributed by atoms with van der Waals surface area (Å²) in [7, 11) is 6.21. The first-order chi connectivity index (χ1) is 15.0. The van der Waals surface area contributed by atoms with E-state index in [1.807, 2.05) is 43.4 Å². The van der Waals surface area contributed by atoms with E-state index in [9.17, 15) is 0 Å². The van der Waals surface area contributed by atoms with Crippen LogP contribution >= 0.6 is 11.6 Å². The highest BCUT2D eigenvalue weighted by molar-refractivity contribution is 6.30. The Balaban J connectivity index is 1.69. The predicted molar refractivity (Wildman–Crippen MR) is 131 cm³/mol. The topological polar surface area (TPSA) is 55.8 Å². The lowest BCUT2D eigenvalue weighted by atomic mass is 9.85. The fourth-order valence-corrected chi connectivity index (χ4v) is 4.43. The van der Waals surface area contributed by atoms with E-state index in [1.54, 1.807) is 0 Å². The average molecular weight is 443 g/mol. The van der Waals surface area contributed by atoms with Crippen LogP contribution < -0.4 is 15.5 Å². The van der Waals surface area contributed by atoms with Gasteiger partial charge in [-0.3, -0.25) is 4.90 Å². The number of hydrogen-bond donors (Lipinski definition) is 2. The van der Waals surface area contributed by atoms with Crippen LogP contribution in [-0.4, -0.2) is 56.6 Å². The van der Waals surface area contributed by atoms with Gasteiger partial charge in [0.15, 0.2) is 5.96 Å². The van der Waals surface area contributed by atoms with Gasteiger partial charge < -0.3 is 15.5 Å². The van der Waals surface area contributed by atoms with E-state index >= 15 is 0 Å². The normalized spacial score (nSPS) is 19.8. The molecule has 0 spiro atoms. The summed E-state index contributed by atoms with van der Waals surface area (Å²) in [5, 5.41) is 7.77. The molecular weight excluding hydrogens is 408 g/mol. The number of aliphatic imine (C=N–C) groups is 1. The summed E-state index contributed by atoms with van der Waals surface area (Å²) in [5.74, 6) is 2.28. The van der Waals surface area contributed by atoms with Gasteiger partial charge in [-0.25, -0.2) is 9.98 Å². The molecule has 168 valence electrons. The number of nitrogens with zero attached hydrogens (tertiary/aromatic N) is 4. The minimum absolute atomic E-state index is 0.352. The molecule has 0 radical (unpaired) electrons. The number of hydrogen-bond acceptors (Lipinski definition) is 4. The zero-order valence-corrected chi connectivity index (χ0v) is 19.9. The third-order valence-corrected chi connectivity index (χ3v) is 6.00. The van der Waals surface area contributed by atoms with Crippen LogP contribution in [0.1, 0.15) is 36.9 Å². The number of pyridine rings is 1. The van der Waals surface area contributed by atoms with Gasteiger partial charge in [-0.15, -0.1) is 0 Å². The van der Waals surface area contributed by atoms with E-state index in [2.05, 4.69) is 52.7 Å². The molecule has 31 heavy (non-hydrogen) atoms. The molecule has 0 amide bonds. The van der Waals surface area contributed by atoms with E-state index in [0.717, 1.165) is 42.0 Å². The number of guanidine groups is 1. The maximum absolute atomic E-state index is 6.29. The summed E-state index contributed by atoms with van der Waals surface area (Å²) < 4.78 is 0. The SMILES string of the molecule is CCNC(=NCc1ccnc(N(C)C)c1)NCC1CCCN(C)C1c1cccc(Cl)c1. The second-order valence-corrected chi connectivity index (χ2v) is 8.81. The summed E-state index contributed by atoms with van der Waals surface area (Å²) in [4.78, 5) is 13.7. The Morgan fingerprint density at radius 1 is 1.26 bits per heavy atom.